The first-order valence-corrected chi connectivity index (χ1v) is 10.8. The van der Waals surface area contributed by atoms with Crippen LogP contribution < -0.4 is 5.73 Å². The number of halogens is 2. The van der Waals surface area contributed by atoms with Crippen LogP contribution in [-0.2, 0) is 11.3 Å². The minimum Gasteiger partial charge on any atom is -0.480 e. The van der Waals surface area contributed by atoms with Gasteiger partial charge in [-0.25, -0.2) is 0 Å². The van der Waals surface area contributed by atoms with Crippen molar-refractivity contribution in [1.82, 2.24) is 4.90 Å². The number of carboxylic acid groups (broad SMARTS) is 1. The number of piperidine rings is 1. The van der Waals surface area contributed by atoms with Gasteiger partial charge in [-0.2, -0.15) is 0 Å². The van der Waals surface area contributed by atoms with E-state index in [1.165, 1.54) is 15.6 Å². The van der Waals surface area contributed by atoms with E-state index in [0.717, 1.165) is 32.5 Å². The monoisotopic (exact) mass is 476 g/mol. The number of benzene rings is 1. The van der Waals surface area contributed by atoms with Crippen LogP contribution >= 0.6 is 36.2 Å². The first-order chi connectivity index (χ1) is 13.4. The molecule has 5 N–H and O–H groups in total. The zero-order valence-corrected chi connectivity index (χ0v) is 19.4. The van der Waals surface area contributed by atoms with Crippen LogP contribution in [0.2, 0.25) is 6.32 Å². The third-order valence-corrected chi connectivity index (χ3v) is 6.98. The third-order valence-electron chi connectivity index (χ3n) is 5.97. The molecule has 1 aromatic carbocycles. The average Bonchev–Trinajstić information content (AvgIpc) is 3.08. The number of thiophene rings is 1. The van der Waals surface area contributed by atoms with Gasteiger partial charge < -0.3 is 20.9 Å². The molecule has 30 heavy (non-hydrogen) atoms. The van der Waals surface area contributed by atoms with Crippen molar-refractivity contribution in [1.29, 1.82) is 0 Å². The summed E-state index contributed by atoms with van der Waals surface area (Å²) in [6.45, 7) is 2.57. The summed E-state index contributed by atoms with van der Waals surface area (Å²) in [5.74, 6) is -1.00. The average molecular weight is 477 g/mol. The number of unbranched alkanes of at least 4 members (excludes halogenated alkanes) is 1. The Kier molecular flexibility index (Phi) is 11.1. The minimum atomic E-state index is -1.34. The number of hydrogen-bond acceptors (Lipinski definition) is 6. The second-order valence-electron chi connectivity index (χ2n) is 7.88. The number of aliphatic carboxylic acids is 1. The van der Waals surface area contributed by atoms with E-state index in [4.69, 9.17) is 15.8 Å². The first kappa shape index (κ1) is 27.2. The topological polar surface area (TPSA) is 107 Å². The fourth-order valence-corrected chi connectivity index (χ4v) is 5.19. The van der Waals surface area contributed by atoms with Gasteiger partial charge in [-0.15, -0.1) is 36.2 Å². The second kappa shape index (κ2) is 12.2. The molecule has 1 fully saturated rings. The van der Waals surface area contributed by atoms with E-state index in [1.807, 2.05) is 0 Å². The normalized spacial score (nSPS) is 17.0. The predicted octanol–water partition coefficient (Wildman–Crippen LogP) is 3.38. The first-order valence-electron chi connectivity index (χ1n) is 9.96. The van der Waals surface area contributed by atoms with E-state index >= 15 is 0 Å². The Morgan fingerprint density at radius 2 is 1.87 bits per heavy atom. The highest BCUT2D eigenvalue weighted by Crippen LogP contribution is 2.33. The number of fused-ring (bicyclic) bond motifs is 1. The maximum Gasteiger partial charge on any atom is 0.451 e. The van der Waals surface area contributed by atoms with Crippen molar-refractivity contribution >= 4 is 59.3 Å². The van der Waals surface area contributed by atoms with Crippen LogP contribution in [0.3, 0.4) is 0 Å². The van der Waals surface area contributed by atoms with Gasteiger partial charge in [0.1, 0.15) is 5.54 Å². The lowest BCUT2D eigenvalue weighted by atomic mass is 9.74. The van der Waals surface area contributed by atoms with Gasteiger partial charge in [0.2, 0.25) is 0 Å². The van der Waals surface area contributed by atoms with Crippen molar-refractivity contribution in [3.05, 3.63) is 35.2 Å². The van der Waals surface area contributed by atoms with Crippen LogP contribution in [0, 0.1) is 5.92 Å². The molecule has 0 bridgehead atoms. The fourth-order valence-electron chi connectivity index (χ4n) is 4.23. The molecule has 2 heterocycles. The van der Waals surface area contributed by atoms with Crippen molar-refractivity contribution in [3.63, 3.8) is 0 Å². The van der Waals surface area contributed by atoms with Crippen LogP contribution in [0.15, 0.2) is 29.6 Å². The number of nitrogens with zero attached hydrogens (tertiary/aromatic N) is 1. The number of carbonyl (C=O) groups is 1. The van der Waals surface area contributed by atoms with Crippen molar-refractivity contribution in [2.75, 3.05) is 13.1 Å². The van der Waals surface area contributed by atoms with Gasteiger partial charge in [-0.1, -0.05) is 31.0 Å². The molecular formula is C20H31BCl2N2O4S. The molecule has 0 aliphatic carbocycles. The lowest BCUT2D eigenvalue weighted by Crippen LogP contribution is -2.56. The van der Waals surface area contributed by atoms with Gasteiger partial charge in [-0.3, -0.25) is 9.69 Å². The van der Waals surface area contributed by atoms with Crippen LogP contribution in [0.1, 0.15) is 37.7 Å². The van der Waals surface area contributed by atoms with Crippen LogP contribution in [0.4, 0.5) is 0 Å². The van der Waals surface area contributed by atoms with E-state index < -0.39 is 18.6 Å². The molecule has 2 aromatic rings. The Morgan fingerprint density at radius 1 is 1.20 bits per heavy atom. The van der Waals surface area contributed by atoms with Gasteiger partial charge in [-0.05, 0) is 67.0 Å². The summed E-state index contributed by atoms with van der Waals surface area (Å²) in [4.78, 5) is 14.3. The summed E-state index contributed by atoms with van der Waals surface area (Å²) in [7, 11) is -1.34. The summed E-state index contributed by atoms with van der Waals surface area (Å²) in [6.07, 6.45) is 3.31. The molecule has 3 rings (SSSR count). The zero-order valence-electron chi connectivity index (χ0n) is 16.9. The van der Waals surface area contributed by atoms with E-state index in [0.29, 0.717) is 19.3 Å². The molecule has 1 aromatic heterocycles. The van der Waals surface area contributed by atoms with Gasteiger partial charge >= 0.3 is 13.1 Å². The summed E-state index contributed by atoms with van der Waals surface area (Å²) in [6, 6.07) is 8.42. The Hall–Kier alpha value is -0.865. The number of nitrogens with two attached hydrogens (primary N) is 1. The maximum atomic E-state index is 11.9. The Bertz CT molecular complexity index is 802. The summed E-state index contributed by atoms with van der Waals surface area (Å²) < 4.78 is 1.30. The summed E-state index contributed by atoms with van der Waals surface area (Å²) in [5.41, 5.74) is 6.44. The number of likely N-dealkylation sites (tertiary alicyclic amines) is 1. The zero-order chi connectivity index (χ0) is 20.1. The van der Waals surface area contributed by atoms with E-state index in [1.54, 1.807) is 11.3 Å². The van der Waals surface area contributed by atoms with E-state index in [9.17, 15) is 9.90 Å². The van der Waals surface area contributed by atoms with Crippen LogP contribution in [-0.4, -0.2) is 51.8 Å². The number of rotatable bonds is 9. The highest BCUT2D eigenvalue weighted by molar-refractivity contribution is 7.17. The van der Waals surface area contributed by atoms with Crippen molar-refractivity contribution in [3.8, 4) is 0 Å². The van der Waals surface area contributed by atoms with Gasteiger partial charge in [0.05, 0.1) is 0 Å². The SMILES string of the molecule is Cl.Cl.NC(CCCCB(O)O)(C(=O)O)C1CCN(Cc2csc3ccccc23)CC1. The molecule has 1 aliphatic rings. The minimum absolute atomic E-state index is 0. The maximum absolute atomic E-state index is 11.9. The van der Waals surface area contributed by atoms with Crippen LogP contribution in [0.25, 0.3) is 10.1 Å². The quantitative estimate of drug-likeness (QED) is 0.326. The lowest BCUT2D eigenvalue weighted by molar-refractivity contribution is -0.147. The largest absolute Gasteiger partial charge is 0.480 e. The fraction of sp³-hybridized carbons (Fsp3) is 0.550. The van der Waals surface area contributed by atoms with Gasteiger partial charge in [0.15, 0.2) is 0 Å². The summed E-state index contributed by atoms with van der Waals surface area (Å²) in [5, 5.41) is 31.2. The molecule has 1 aliphatic heterocycles. The number of hydrogen-bond donors (Lipinski definition) is 4. The molecule has 0 amide bonds. The molecular weight excluding hydrogens is 446 g/mol. The number of carboxylic acids is 1. The molecule has 168 valence electrons. The highest BCUT2D eigenvalue weighted by atomic mass is 35.5. The predicted molar refractivity (Wildman–Crippen MR) is 128 cm³/mol. The van der Waals surface area contributed by atoms with Gasteiger partial charge in [0, 0.05) is 11.2 Å². The highest BCUT2D eigenvalue weighted by Gasteiger charge is 2.42. The van der Waals surface area contributed by atoms with Crippen molar-refractivity contribution < 1.29 is 19.9 Å². The van der Waals surface area contributed by atoms with Crippen LogP contribution in [0.5, 0.6) is 0 Å². The third kappa shape index (κ3) is 6.56. The molecule has 6 nitrogen and oxygen atoms in total. The smallest absolute Gasteiger partial charge is 0.451 e. The lowest BCUT2D eigenvalue weighted by Gasteiger charge is -2.40. The molecule has 1 saturated heterocycles. The molecule has 0 spiro atoms. The van der Waals surface area contributed by atoms with Crippen molar-refractivity contribution in [2.45, 2.75) is 50.5 Å². The molecule has 1 unspecified atom stereocenters. The van der Waals surface area contributed by atoms with E-state index in [2.05, 4.69) is 34.5 Å². The molecule has 0 radical (unpaired) electrons. The molecule has 1 atom stereocenters. The standard InChI is InChI=1S/C20H29BN2O4S.2ClH/c22-20(19(24)25,9-3-4-10-21(26)27)16-7-11-23(12-8-16)13-15-14-28-18-6-2-1-5-17(15)18;;/h1-2,5-6,14,16,26-27H,3-4,7-13,22H2,(H,24,25);2*1H. The molecule has 0 saturated carbocycles. The Morgan fingerprint density at radius 3 is 2.50 bits per heavy atom. The Labute approximate surface area is 194 Å². The van der Waals surface area contributed by atoms with E-state index in [-0.39, 0.29) is 37.1 Å². The van der Waals surface area contributed by atoms with Gasteiger partial charge in [0.25, 0.3) is 0 Å². The molecule has 10 heteroatoms. The van der Waals surface area contributed by atoms with Crippen molar-refractivity contribution in [2.24, 2.45) is 11.7 Å². The summed E-state index contributed by atoms with van der Waals surface area (Å²) >= 11 is 1.76. The Balaban J connectivity index is 0.00000225. The second-order valence-corrected chi connectivity index (χ2v) is 8.79.